The highest BCUT2D eigenvalue weighted by Crippen LogP contribution is 2.27. The second kappa shape index (κ2) is 4.08. The van der Waals surface area contributed by atoms with Crippen LogP contribution in [-0.2, 0) is 0 Å². The van der Waals surface area contributed by atoms with Gasteiger partial charge in [-0.1, -0.05) is 12.1 Å². The third kappa shape index (κ3) is 2.08. The number of hydrogen-bond donors (Lipinski definition) is 0. The minimum absolute atomic E-state index is 0.475. The lowest BCUT2D eigenvalue weighted by molar-refractivity contribution is 0.755. The van der Waals surface area contributed by atoms with Crippen molar-refractivity contribution in [3.63, 3.8) is 0 Å². The average molecular weight is 176 g/mol. The molecular formula is C11H16N2. The Morgan fingerprint density at radius 2 is 1.92 bits per heavy atom. The van der Waals surface area contributed by atoms with E-state index in [1.165, 1.54) is 0 Å². The van der Waals surface area contributed by atoms with Gasteiger partial charge in [0, 0.05) is 13.1 Å². The summed E-state index contributed by atoms with van der Waals surface area (Å²) in [6, 6.07) is 8.50. The molecule has 13 heavy (non-hydrogen) atoms. The molecule has 0 aliphatic carbocycles. The van der Waals surface area contributed by atoms with Crippen LogP contribution in [0.5, 0.6) is 0 Å². The lowest BCUT2D eigenvalue weighted by Crippen LogP contribution is -2.25. The summed E-state index contributed by atoms with van der Waals surface area (Å²) in [4.78, 5) is 6.17. The molecule has 0 bridgehead atoms. The molecule has 0 aromatic heterocycles. The zero-order valence-electron chi connectivity index (χ0n) is 8.49. The van der Waals surface area contributed by atoms with Crippen LogP contribution in [0.4, 0.5) is 11.4 Å². The Labute approximate surface area is 79.9 Å². The molecule has 70 valence electrons. The van der Waals surface area contributed by atoms with Crippen LogP contribution in [0.1, 0.15) is 13.8 Å². The first-order valence-electron chi connectivity index (χ1n) is 4.45. The molecule has 0 saturated heterocycles. The minimum Gasteiger partial charge on any atom is -0.370 e. The van der Waals surface area contributed by atoms with Gasteiger partial charge in [0.15, 0.2) is 0 Å². The highest BCUT2D eigenvalue weighted by atomic mass is 15.1. The quantitative estimate of drug-likeness (QED) is 0.646. The zero-order valence-corrected chi connectivity index (χ0v) is 8.49. The third-order valence-corrected chi connectivity index (χ3v) is 2.21. The maximum atomic E-state index is 3.98. The Hall–Kier alpha value is -1.31. The molecule has 1 aromatic rings. The normalized spacial score (nSPS) is 10.2. The van der Waals surface area contributed by atoms with Gasteiger partial charge in [-0.25, -0.2) is 0 Å². The van der Waals surface area contributed by atoms with E-state index in [0.29, 0.717) is 6.04 Å². The second-order valence-electron chi connectivity index (χ2n) is 3.35. The van der Waals surface area contributed by atoms with Crippen molar-refractivity contribution in [2.24, 2.45) is 4.99 Å². The molecule has 0 radical (unpaired) electrons. The molecule has 0 heterocycles. The first kappa shape index (κ1) is 9.78. The molecule has 0 N–H and O–H groups in total. The van der Waals surface area contributed by atoms with Gasteiger partial charge in [0.1, 0.15) is 0 Å². The van der Waals surface area contributed by atoms with Crippen molar-refractivity contribution in [2.45, 2.75) is 19.9 Å². The molecule has 0 amide bonds. The van der Waals surface area contributed by atoms with Crippen LogP contribution in [0.25, 0.3) is 0 Å². The van der Waals surface area contributed by atoms with Gasteiger partial charge in [-0.2, -0.15) is 0 Å². The average Bonchev–Trinajstić information content (AvgIpc) is 2.16. The van der Waals surface area contributed by atoms with Gasteiger partial charge >= 0.3 is 0 Å². The van der Waals surface area contributed by atoms with E-state index in [1.807, 2.05) is 18.2 Å². The van der Waals surface area contributed by atoms with Crippen LogP contribution in [0.2, 0.25) is 0 Å². The zero-order chi connectivity index (χ0) is 9.84. The van der Waals surface area contributed by atoms with Crippen molar-refractivity contribution in [3.05, 3.63) is 24.3 Å². The summed E-state index contributed by atoms with van der Waals surface area (Å²) >= 11 is 0. The van der Waals surface area contributed by atoms with E-state index in [4.69, 9.17) is 0 Å². The van der Waals surface area contributed by atoms with Crippen LogP contribution in [0.15, 0.2) is 29.3 Å². The van der Waals surface area contributed by atoms with Crippen molar-refractivity contribution < 1.29 is 0 Å². The number of hydrogen-bond acceptors (Lipinski definition) is 2. The number of aliphatic imine (C=N–C) groups is 1. The summed E-state index contributed by atoms with van der Waals surface area (Å²) in [5.74, 6) is 0. The third-order valence-electron chi connectivity index (χ3n) is 2.21. The molecule has 0 saturated carbocycles. The van der Waals surface area contributed by atoms with E-state index in [2.05, 4.69) is 43.6 Å². The van der Waals surface area contributed by atoms with Gasteiger partial charge in [-0.15, -0.1) is 0 Å². The molecule has 2 heteroatoms. The number of benzene rings is 1. The van der Waals surface area contributed by atoms with E-state index >= 15 is 0 Å². The summed E-state index contributed by atoms with van der Waals surface area (Å²) in [6.07, 6.45) is 0. The highest BCUT2D eigenvalue weighted by molar-refractivity contribution is 5.68. The Bertz CT molecular complexity index is 292. The minimum atomic E-state index is 0.475. The fourth-order valence-electron chi connectivity index (χ4n) is 1.17. The van der Waals surface area contributed by atoms with Crippen LogP contribution in [-0.4, -0.2) is 19.8 Å². The summed E-state index contributed by atoms with van der Waals surface area (Å²) < 4.78 is 0. The summed E-state index contributed by atoms with van der Waals surface area (Å²) in [7, 11) is 2.06. The van der Waals surface area contributed by atoms with Crippen LogP contribution in [0.3, 0.4) is 0 Å². The van der Waals surface area contributed by atoms with E-state index in [1.54, 1.807) is 0 Å². The summed E-state index contributed by atoms with van der Waals surface area (Å²) in [5.41, 5.74) is 2.08. The number of anilines is 1. The van der Waals surface area contributed by atoms with Gasteiger partial charge in [0.2, 0.25) is 0 Å². The van der Waals surface area contributed by atoms with Crippen molar-refractivity contribution in [3.8, 4) is 0 Å². The lowest BCUT2D eigenvalue weighted by atomic mass is 10.2. The molecule has 0 aliphatic rings. The van der Waals surface area contributed by atoms with Crippen molar-refractivity contribution in [1.82, 2.24) is 0 Å². The van der Waals surface area contributed by atoms with Gasteiger partial charge < -0.3 is 4.90 Å². The molecule has 1 rings (SSSR count). The van der Waals surface area contributed by atoms with E-state index in [-0.39, 0.29) is 0 Å². The maximum absolute atomic E-state index is 3.98. The largest absolute Gasteiger partial charge is 0.370 e. The maximum Gasteiger partial charge on any atom is 0.0855 e. The smallest absolute Gasteiger partial charge is 0.0855 e. The summed E-state index contributed by atoms with van der Waals surface area (Å²) in [6.45, 7) is 7.86. The fourth-order valence-corrected chi connectivity index (χ4v) is 1.17. The first-order valence-corrected chi connectivity index (χ1v) is 4.45. The van der Waals surface area contributed by atoms with E-state index < -0.39 is 0 Å². The van der Waals surface area contributed by atoms with Crippen molar-refractivity contribution in [2.75, 3.05) is 11.9 Å². The predicted molar refractivity (Wildman–Crippen MR) is 59.2 cm³/mol. The Balaban J connectivity index is 3.05. The van der Waals surface area contributed by atoms with Crippen molar-refractivity contribution in [1.29, 1.82) is 0 Å². The topological polar surface area (TPSA) is 15.6 Å². The van der Waals surface area contributed by atoms with Crippen molar-refractivity contribution >= 4 is 18.1 Å². The van der Waals surface area contributed by atoms with Crippen LogP contribution >= 0.6 is 0 Å². The molecule has 0 fully saturated rings. The molecule has 0 aliphatic heterocycles. The van der Waals surface area contributed by atoms with Crippen LogP contribution < -0.4 is 4.90 Å². The summed E-state index contributed by atoms with van der Waals surface area (Å²) in [5, 5.41) is 0. The lowest BCUT2D eigenvalue weighted by Gasteiger charge is -2.24. The number of rotatable bonds is 3. The van der Waals surface area contributed by atoms with Crippen LogP contribution in [0, 0.1) is 0 Å². The van der Waals surface area contributed by atoms with Gasteiger partial charge in [0.05, 0.1) is 11.4 Å². The molecule has 1 aromatic carbocycles. The SMILES string of the molecule is C=Nc1ccccc1N(C)C(C)C. The Morgan fingerprint density at radius 1 is 1.31 bits per heavy atom. The van der Waals surface area contributed by atoms with Gasteiger partial charge in [-0.3, -0.25) is 4.99 Å². The number of nitrogens with zero attached hydrogens (tertiary/aromatic N) is 2. The first-order chi connectivity index (χ1) is 6.16. The fraction of sp³-hybridized carbons (Fsp3) is 0.364. The van der Waals surface area contributed by atoms with E-state index in [9.17, 15) is 0 Å². The highest BCUT2D eigenvalue weighted by Gasteiger charge is 2.07. The Morgan fingerprint density at radius 3 is 2.46 bits per heavy atom. The molecule has 0 spiro atoms. The standard InChI is InChI=1S/C11H16N2/c1-9(2)13(4)11-8-6-5-7-10(11)12-3/h5-9H,3H2,1-2,4H3. The second-order valence-corrected chi connectivity index (χ2v) is 3.35. The predicted octanol–water partition coefficient (Wildman–Crippen LogP) is 2.86. The van der Waals surface area contributed by atoms with Gasteiger partial charge in [0.25, 0.3) is 0 Å². The van der Waals surface area contributed by atoms with Gasteiger partial charge in [-0.05, 0) is 32.7 Å². The molecule has 0 atom stereocenters. The Kier molecular flexibility index (Phi) is 3.07. The molecule has 0 unspecified atom stereocenters. The monoisotopic (exact) mass is 176 g/mol. The van der Waals surface area contributed by atoms with E-state index in [0.717, 1.165) is 11.4 Å². The molecular weight excluding hydrogens is 160 g/mol. The molecule has 2 nitrogen and oxygen atoms in total. The number of para-hydroxylation sites is 2.